The van der Waals surface area contributed by atoms with Gasteiger partial charge in [-0.2, -0.15) is 5.10 Å². The van der Waals surface area contributed by atoms with Gasteiger partial charge in [-0.1, -0.05) is 0 Å². The number of aromatic nitrogens is 2. The van der Waals surface area contributed by atoms with Crippen molar-refractivity contribution in [1.29, 1.82) is 0 Å². The molecule has 17 heavy (non-hydrogen) atoms. The van der Waals surface area contributed by atoms with Gasteiger partial charge < -0.3 is 0 Å². The molecule has 2 rings (SSSR count). The second kappa shape index (κ2) is 5.04. The molecule has 0 atom stereocenters. The van der Waals surface area contributed by atoms with E-state index in [0.29, 0.717) is 6.42 Å². The van der Waals surface area contributed by atoms with Crippen molar-refractivity contribution in [1.82, 2.24) is 9.78 Å². The van der Waals surface area contributed by atoms with Gasteiger partial charge >= 0.3 is 0 Å². The Kier molecular flexibility index (Phi) is 3.85. The van der Waals surface area contributed by atoms with Gasteiger partial charge in [0.15, 0.2) is 5.78 Å². The molecule has 3 nitrogen and oxygen atoms in total. The quantitative estimate of drug-likeness (QED) is 0.763. The summed E-state index contributed by atoms with van der Waals surface area (Å²) < 4.78 is 3.62. The molecule has 0 aromatic carbocycles. The molecule has 0 fully saturated rings. The molecule has 2 heterocycles. The lowest BCUT2D eigenvalue weighted by Gasteiger charge is -1.99. The average molecular weight is 378 g/mol. The van der Waals surface area contributed by atoms with E-state index in [2.05, 4.69) is 37.0 Å². The number of thiophene rings is 1. The normalized spacial score (nSPS) is 10.8. The number of ketones is 1. The largest absolute Gasteiger partial charge is 0.293 e. The molecule has 0 radical (unpaired) electrons. The van der Waals surface area contributed by atoms with Crippen LogP contribution >= 0.6 is 43.2 Å². The van der Waals surface area contributed by atoms with E-state index in [0.717, 1.165) is 24.5 Å². The van der Waals surface area contributed by atoms with Crippen LogP contribution in [0.3, 0.4) is 0 Å². The molecule has 2 aromatic rings. The SMILES string of the molecule is Cc1cc(CC(=O)c2cc(Br)c(Br)s2)n(C)n1. The topological polar surface area (TPSA) is 34.9 Å². The minimum absolute atomic E-state index is 0.115. The number of nitrogens with zero attached hydrogens (tertiary/aromatic N) is 2. The molecule has 0 amide bonds. The summed E-state index contributed by atoms with van der Waals surface area (Å²) in [5.74, 6) is 0.115. The van der Waals surface area contributed by atoms with Gasteiger partial charge in [-0.25, -0.2) is 0 Å². The van der Waals surface area contributed by atoms with Crippen molar-refractivity contribution in [3.05, 3.63) is 36.7 Å². The van der Waals surface area contributed by atoms with E-state index in [1.807, 2.05) is 26.1 Å². The summed E-state index contributed by atoms with van der Waals surface area (Å²) in [7, 11) is 1.86. The van der Waals surface area contributed by atoms with Gasteiger partial charge in [0.25, 0.3) is 0 Å². The highest BCUT2D eigenvalue weighted by atomic mass is 79.9. The van der Waals surface area contributed by atoms with Crippen LogP contribution in [0.15, 0.2) is 20.4 Å². The van der Waals surface area contributed by atoms with Crippen molar-refractivity contribution in [2.75, 3.05) is 0 Å². The van der Waals surface area contributed by atoms with Crippen molar-refractivity contribution in [3.63, 3.8) is 0 Å². The first-order valence-corrected chi connectivity index (χ1v) is 7.35. The van der Waals surface area contributed by atoms with Crippen LogP contribution in [0.1, 0.15) is 21.1 Å². The summed E-state index contributed by atoms with van der Waals surface area (Å²) >= 11 is 8.22. The zero-order valence-corrected chi connectivity index (χ0v) is 13.3. The summed E-state index contributed by atoms with van der Waals surface area (Å²) in [6.45, 7) is 1.92. The summed E-state index contributed by atoms with van der Waals surface area (Å²) in [6, 6.07) is 3.79. The molecule has 90 valence electrons. The Morgan fingerprint density at radius 1 is 1.47 bits per heavy atom. The minimum Gasteiger partial charge on any atom is -0.293 e. The number of Topliss-reactive ketones (excluding diaryl/α,β-unsaturated/α-hetero) is 1. The highest BCUT2D eigenvalue weighted by molar-refractivity contribution is 9.13. The van der Waals surface area contributed by atoms with E-state index < -0.39 is 0 Å². The van der Waals surface area contributed by atoms with E-state index >= 15 is 0 Å². The summed E-state index contributed by atoms with van der Waals surface area (Å²) in [6.07, 6.45) is 0.386. The predicted octanol–water partition coefficient (Wildman–Crippen LogP) is 3.74. The monoisotopic (exact) mass is 376 g/mol. The minimum atomic E-state index is 0.115. The van der Waals surface area contributed by atoms with Crippen molar-refractivity contribution < 1.29 is 4.79 Å². The van der Waals surface area contributed by atoms with Crippen molar-refractivity contribution in [3.8, 4) is 0 Å². The van der Waals surface area contributed by atoms with Crippen LogP contribution in [0, 0.1) is 6.92 Å². The lowest BCUT2D eigenvalue weighted by Crippen LogP contribution is -2.06. The smallest absolute Gasteiger partial charge is 0.178 e. The highest BCUT2D eigenvalue weighted by Crippen LogP contribution is 2.32. The maximum absolute atomic E-state index is 12.1. The highest BCUT2D eigenvalue weighted by Gasteiger charge is 2.14. The number of hydrogen-bond acceptors (Lipinski definition) is 3. The first-order valence-electron chi connectivity index (χ1n) is 4.95. The van der Waals surface area contributed by atoms with Gasteiger partial charge in [-0.15, -0.1) is 11.3 Å². The Balaban J connectivity index is 2.19. The average Bonchev–Trinajstić information content (AvgIpc) is 2.72. The van der Waals surface area contributed by atoms with Gasteiger partial charge in [-0.3, -0.25) is 9.48 Å². The Labute approximate surface area is 120 Å². The van der Waals surface area contributed by atoms with Crippen LogP contribution in [-0.4, -0.2) is 15.6 Å². The second-order valence-corrected chi connectivity index (χ2v) is 6.96. The summed E-state index contributed by atoms with van der Waals surface area (Å²) in [5, 5.41) is 4.23. The maximum atomic E-state index is 12.1. The van der Waals surface area contributed by atoms with E-state index in [1.54, 1.807) is 4.68 Å². The maximum Gasteiger partial charge on any atom is 0.178 e. The Morgan fingerprint density at radius 3 is 2.65 bits per heavy atom. The van der Waals surface area contributed by atoms with Gasteiger partial charge in [0.05, 0.1) is 20.8 Å². The third-order valence-corrected chi connectivity index (χ3v) is 5.66. The van der Waals surface area contributed by atoms with E-state index in [4.69, 9.17) is 0 Å². The zero-order valence-electron chi connectivity index (χ0n) is 9.33. The van der Waals surface area contributed by atoms with Gasteiger partial charge in [0, 0.05) is 17.2 Å². The molecule has 0 aliphatic carbocycles. The Morgan fingerprint density at radius 2 is 2.18 bits per heavy atom. The molecule has 0 aliphatic heterocycles. The standard InChI is InChI=1S/C11H10Br2N2OS/c1-6-3-7(15(2)14-6)4-9(16)10-5-8(12)11(13)17-10/h3,5H,4H2,1-2H3. The van der Waals surface area contributed by atoms with Gasteiger partial charge in [0.1, 0.15) is 0 Å². The van der Waals surface area contributed by atoms with Crippen LogP contribution < -0.4 is 0 Å². The fraction of sp³-hybridized carbons (Fsp3) is 0.273. The Bertz CT molecular complexity index is 555. The first kappa shape index (κ1) is 13.0. The lowest BCUT2D eigenvalue weighted by atomic mass is 10.2. The first-order chi connectivity index (χ1) is 7.97. The van der Waals surface area contributed by atoms with E-state index in [-0.39, 0.29) is 5.78 Å². The van der Waals surface area contributed by atoms with Gasteiger partial charge in [-0.05, 0) is 50.9 Å². The fourth-order valence-corrected chi connectivity index (χ4v) is 3.54. The molecule has 0 N–H and O–H groups in total. The van der Waals surface area contributed by atoms with Gasteiger partial charge in [0.2, 0.25) is 0 Å². The second-order valence-electron chi connectivity index (χ2n) is 3.73. The third kappa shape index (κ3) is 2.86. The summed E-state index contributed by atoms with van der Waals surface area (Å²) in [5.41, 5.74) is 1.87. The van der Waals surface area contributed by atoms with Crippen LogP contribution in [0.2, 0.25) is 0 Å². The number of rotatable bonds is 3. The lowest BCUT2D eigenvalue weighted by molar-refractivity contribution is 0.0994. The molecule has 0 spiro atoms. The molecule has 0 bridgehead atoms. The number of carbonyl (C=O) groups is 1. The number of halogens is 2. The zero-order chi connectivity index (χ0) is 12.6. The Hall–Kier alpha value is -0.460. The van der Waals surface area contributed by atoms with E-state index in [1.165, 1.54) is 11.3 Å². The van der Waals surface area contributed by atoms with Crippen LogP contribution in [0.5, 0.6) is 0 Å². The number of carbonyl (C=O) groups excluding carboxylic acids is 1. The third-order valence-electron chi connectivity index (χ3n) is 2.36. The van der Waals surface area contributed by atoms with Crippen molar-refractivity contribution in [2.24, 2.45) is 7.05 Å². The molecule has 0 saturated carbocycles. The molecule has 2 aromatic heterocycles. The van der Waals surface area contributed by atoms with Crippen molar-refractivity contribution >= 4 is 49.0 Å². The van der Waals surface area contributed by atoms with Crippen LogP contribution in [-0.2, 0) is 13.5 Å². The van der Waals surface area contributed by atoms with E-state index in [9.17, 15) is 4.79 Å². The molecule has 6 heteroatoms. The molecule has 0 aliphatic rings. The molecular formula is C11H10Br2N2OS. The molecule has 0 unspecified atom stereocenters. The number of hydrogen-bond donors (Lipinski definition) is 0. The van der Waals surface area contributed by atoms with Crippen LogP contribution in [0.4, 0.5) is 0 Å². The summed E-state index contributed by atoms with van der Waals surface area (Å²) in [4.78, 5) is 12.8. The number of aryl methyl sites for hydroxylation is 2. The van der Waals surface area contributed by atoms with Crippen molar-refractivity contribution in [2.45, 2.75) is 13.3 Å². The fourth-order valence-electron chi connectivity index (χ4n) is 1.57. The predicted molar refractivity (Wildman–Crippen MR) is 75.7 cm³/mol. The molecule has 0 saturated heterocycles. The van der Waals surface area contributed by atoms with Crippen LogP contribution in [0.25, 0.3) is 0 Å². The molecular weight excluding hydrogens is 368 g/mol.